The Morgan fingerprint density at radius 3 is 2.67 bits per heavy atom. The van der Waals surface area contributed by atoms with Gasteiger partial charge in [-0.15, -0.1) is 0 Å². The largest absolute Gasteiger partial charge is 0.462 e. The van der Waals surface area contributed by atoms with Crippen LogP contribution in [-0.4, -0.2) is 101 Å². The Balaban J connectivity index is 1.17. The summed E-state index contributed by atoms with van der Waals surface area (Å²) in [6.07, 6.45) is 7.52. The van der Waals surface area contributed by atoms with Crippen molar-refractivity contribution in [3.63, 3.8) is 0 Å². The number of nitrogens with zero attached hydrogens (tertiary/aromatic N) is 8. The minimum absolute atomic E-state index is 0.0330. The van der Waals surface area contributed by atoms with Gasteiger partial charge in [0.2, 0.25) is 11.8 Å². The molecule has 0 N–H and O–H groups in total. The minimum atomic E-state index is -0.324. The Morgan fingerprint density at radius 1 is 1.04 bits per heavy atom. The molecule has 5 heterocycles. The van der Waals surface area contributed by atoms with Crippen molar-refractivity contribution in [3.8, 4) is 12.1 Å². The summed E-state index contributed by atoms with van der Waals surface area (Å²) >= 11 is 6.73. The van der Waals surface area contributed by atoms with E-state index in [9.17, 15) is 14.9 Å². The fourth-order valence-electron chi connectivity index (χ4n) is 7.51. The smallest absolute Gasteiger partial charge is 0.318 e. The van der Waals surface area contributed by atoms with E-state index in [4.69, 9.17) is 26.3 Å². The molecule has 0 saturated carbocycles. The van der Waals surface area contributed by atoms with Gasteiger partial charge in [-0.2, -0.15) is 15.2 Å². The number of nitriles is 1. The topological polar surface area (TPSA) is 109 Å². The predicted octanol–water partition coefficient (Wildman–Crippen LogP) is 4.39. The maximum atomic E-state index is 13.3. The van der Waals surface area contributed by atoms with Crippen molar-refractivity contribution in [3.05, 3.63) is 65.0 Å². The Hall–Kier alpha value is -4.40. The van der Waals surface area contributed by atoms with Gasteiger partial charge in [0.25, 0.3) is 0 Å². The van der Waals surface area contributed by atoms with Gasteiger partial charge in [0.1, 0.15) is 12.4 Å². The van der Waals surface area contributed by atoms with E-state index in [2.05, 4.69) is 52.1 Å². The van der Waals surface area contributed by atoms with E-state index in [0.29, 0.717) is 57.8 Å². The van der Waals surface area contributed by atoms with Crippen LogP contribution in [0.5, 0.6) is 6.01 Å². The Kier molecular flexibility index (Phi) is 9.37. The van der Waals surface area contributed by atoms with Crippen molar-refractivity contribution in [1.29, 1.82) is 5.26 Å². The average molecular weight is 669 g/mol. The van der Waals surface area contributed by atoms with E-state index in [-0.39, 0.29) is 24.3 Å². The first-order valence-electron chi connectivity index (χ1n) is 16.9. The fourth-order valence-corrected chi connectivity index (χ4v) is 7.79. The molecule has 2 atom stereocenters. The SMILES string of the molecule is CN1CCC[C@H]1COc1nc2c(c(N3CCN(C(=O)/C=C/N4CCCC4=O)[C@@H](CC#N)C3)n1)CCN(c1cccc3cccc(Cl)c13)C2. The zero-order chi connectivity index (χ0) is 33.2. The first-order valence-corrected chi connectivity index (χ1v) is 17.3. The normalized spacial score (nSPS) is 21.7. The third-order valence-corrected chi connectivity index (χ3v) is 10.5. The van der Waals surface area contributed by atoms with Crippen molar-refractivity contribution in [2.24, 2.45) is 0 Å². The van der Waals surface area contributed by atoms with Gasteiger partial charge in [-0.3, -0.25) is 9.59 Å². The predicted molar refractivity (Wildman–Crippen MR) is 185 cm³/mol. The molecule has 250 valence electrons. The number of carbonyl (C=O) groups is 2. The molecule has 0 spiro atoms. The van der Waals surface area contributed by atoms with Crippen LogP contribution in [0, 0.1) is 11.3 Å². The maximum Gasteiger partial charge on any atom is 0.318 e. The molecule has 7 rings (SSSR count). The third-order valence-electron chi connectivity index (χ3n) is 10.2. The van der Waals surface area contributed by atoms with E-state index < -0.39 is 0 Å². The van der Waals surface area contributed by atoms with E-state index in [1.54, 1.807) is 16.0 Å². The van der Waals surface area contributed by atoms with Gasteiger partial charge in [0.05, 0.1) is 35.8 Å². The number of likely N-dealkylation sites (tertiary alicyclic amines) is 2. The zero-order valence-corrected chi connectivity index (χ0v) is 28.1. The van der Waals surface area contributed by atoms with Crippen LogP contribution in [0.3, 0.4) is 0 Å². The number of amides is 2. The molecule has 3 saturated heterocycles. The van der Waals surface area contributed by atoms with Gasteiger partial charge in [-0.05, 0) is 56.8 Å². The van der Waals surface area contributed by atoms with Crippen molar-refractivity contribution in [2.75, 3.05) is 62.7 Å². The highest BCUT2D eigenvalue weighted by Gasteiger charge is 2.34. The molecule has 1 aromatic heterocycles. The highest BCUT2D eigenvalue weighted by Crippen LogP contribution is 2.37. The van der Waals surface area contributed by atoms with Gasteiger partial charge in [0.15, 0.2) is 0 Å². The van der Waals surface area contributed by atoms with E-state index in [1.807, 2.05) is 12.1 Å². The van der Waals surface area contributed by atoms with Gasteiger partial charge >= 0.3 is 6.01 Å². The van der Waals surface area contributed by atoms with Gasteiger partial charge < -0.3 is 29.2 Å². The van der Waals surface area contributed by atoms with E-state index >= 15 is 0 Å². The van der Waals surface area contributed by atoms with Crippen molar-refractivity contribution in [1.82, 2.24) is 24.7 Å². The number of benzene rings is 2. The highest BCUT2D eigenvalue weighted by atomic mass is 35.5. The van der Waals surface area contributed by atoms with E-state index in [0.717, 1.165) is 77.3 Å². The summed E-state index contributed by atoms with van der Waals surface area (Å²) in [5, 5.41) is 12.6. The maximum absolute atomic E-state index is 13.3. The lowest BCUT2D eigenvalue weighted by Crippen LogP contribution is -2.55. The summed E-state index contributed by atoms with van der Waals surface area (Å²) in [7, 11) is 2.13. The lowest BCUT2D eigenvalue weighted by molar-refractivity contribution is -0.128. The molecule has 3 aromatic rings. The highest BCUT2D eigenvalue weighted by molar-refractivity contribution is 6.36. The minimum Gasteiger partial charge on any atom is -0.462 e. The lowest BCUT2D eigenvalue weighted by atomic mass is 10.0. The van der Waals surface area contributed by atoms with Gasteiger partial charge in [0, 0.05) is 74.1 Å². The number of likely N-dealkylation sites (N-methyl/N-ethyl adjacent to an activating group) is 1. The number of rotatable bonds is 8. The second kappa shape index (κ2) is 14.0. The van der Waals surface area contributed by atoms with E-state index in [1.165, 1.54) is 6.08 Å². The molecule has 4 aliphatic heterocycles. The third kappa shape index (κ3) is 6.51. The summed E-state index contributed by atoms with van der Waals surface area (Å²) < 4.78 is 6.32. The number of carbonyl (C=O) groups excluding carboxylic acids is 2. The number of hydrogen-bond acceptors (Lipinski definition) is 9. The molecule has 12 heteroatoms. The second-order valence-corrected chi connectivity index (χ2v) is 13.5. The summed E-state index contributed by atoms with van der Waals surface area (Å²) in [6.45, 7) is 5.00. The molecule has 4 aliphatic rings. The van der Waals surface area contributed by atoms with Crippen LogP contribution < -0.4 is 14.5 Å². The van der Waals surface area contributed by atoms with Gasteiger partial charge in [-0.25, -0.2) is 0 Å². The Bertz CT molecular complexity index is 1770. The first-order chi connectivity index (χ1) is 23.4. The Labute approximate surface area is 286 Å². The fraction of sp³-hybridized carbons (Fsp3) is 0.472. The zero-order valence-electron chi connectivity index (χ0n) is 27.4. The average Bonchev–Trinajstić information content (AvgIpc) is 3.72. The van der Waals surface area contributed by atoms with Crippen molar-refractivity contribution >= 4 is 45.7 Å². The number of ether oxygens (including phenoxy) is 1. The molecule has 48 heavy (non-hydrogen) atoms. The molecule has 3 fully saturated rings. The number of hydrogen-bond donors (Lipinski definition) is 0. The van der Waals surface area contributed by atoms with Crippen molar-refractivity contribution < 1.29 is 14.3 Å². The van der Waals surface area contributed by atoms with Crippen LogP contribution in [0.2, 0.25) is 5.02 Å². The lowest BCUT2D eigenvalue weighted by Gasteiger charge is -2.42. The summed E-state index contributed by atoms with van der Waals surface area (Å²) in [5.41, 5.74) is 3.06. The van der Waals surface area contributed by atoms with Crippen LogP contribution in [0.15, 0.2) is 48.7 Å². The monoisotopic (exact) mass is 668 g/mol. The number of anilines is 2. The second-order valence-electron chi connectivity index (χ2n) is 13.1. The number of aromatic nitrogens is 2. The number of halogens is 1. The van der Waals surface area contributed by atoms with Crippen molar-refractivity contribution in [2.45, 2.75) is 57.2 Å². The van der Waals surface area contributed by atoms with Gasteiger partial charge in [-0.1, -0.05) is 35.9 Å². The summed E-state index contributed by atoms with van der Waals surface area (Å²) in [5.74, 6) is 0.665. The molecule has 2 aromatic carbocycles. The standard InChI is InChI=1S/C36H41ClN8O3/c1-41-16-4-8-27(41)24-48-36-39-30-23-43(31-10-3-7-25-6-2-9-29(37)34(25)31)18-13-28(30)35(40-36)44-20-21-45(26(22-44)12-15-38)33(47)14-19-42-17-5-11-32(42)46/h2-3,6-7,9-10,14,19,26-27H,4-5,8,11-13,16-18,20-24H2,1H3/b19-14+/t26-,27-/m0/s1. The Morgan fingerprint density at radius 2 is 1.90 bits per heavy atom. The van der Waals surface area contributed by atoms with Crippen LogP contribution >= 0.6 is 11.6 Å². The molecule has 2 amide bonds. The number of fused-ring (bicyclic) bond motifs is 2. The molecule has 0 bridgehead atoms. The molecular weight excluding hydrogens is 628 g/mol. The van der Waals surface area contributed by atoms with Crippen LogP contribution in [0.1, 0.15) is 43.4 Å². The molecular formula is C36H41ClN8O3. The molecule has 0 aliphatic carbocycles. The number of piperazine rings is 1. The molecule has 0 unspecified atom stereocenters. The molecule has 0 radical (unpaired) electrons. The van der Waals surface area contributed by atoms with Crippen LogP contribution in [0.4, 0.5) is 11.5 Å². The summed E-state index contributed by atoms with van der Waals surface area (Å²) in [6, 6.07) is 14.9. The summed E-state index contributed by atoms with van der Waals surface area (Å²) in [4.78, 5) is 45.6. The quantitative estimate of drug-likeness (QED) is 0.323. The molecule has 11 nitrogen and oxygen atoms in total. The van der Waals surface area contributed by atoms with Crippen LogP contribution in [0.25, 0.3) is 10.8 Å². The van der Waals surface area contributed by atoms with Crippen LogP contribution in [-0.2, 0) is 22.6 Å². The first kappa shape index (κ1) is 32.2.